The fraction of sp³-hybridized carbons (Fsp3) is 0.500. The Balaban J connectivity index is 2.26. The van der Waals surface area contributed by atoms with Gasteiger partial charge in [0.25, 0.3) is 0 Å². The molecule has 2 heterocycles. The maximum absolute atomic E-state index is 11.9. The van der Waals surface area contributed by atoms with E-state index in [9.17, 15) is 14.5 Å². The minimum Gasteiger partial charge on any atom is -0.505 e. The van der Waals surface area contributed by atoms with E-state index in [0.29, 0.717) is 18.7 Å². The number of aromatic nitrogens is 1. The van der Waals surface area contributed by atoms with Crippen LogP contribution in [0.5, 0.6) is 5.75 Å². The molecule has 0 aromatic carbocycles. The largest absolute Gasteiger partial charge is 0.505 e. The number of aromatic hydroxyl groups is 1. The second kappa shape index (κ2) is 7.85. The zero-order valence-corrected chi connectivity index (χ0v) is 14.1. The Labute approximate surface area is 139 Å². The smallest absolute Gasteiger partial charge is 0.469 e. The first-order chi connectivity index (χ1) is 11.3. The van der Waals surface area contributed by atoms with Crippen molar-refractivity contribution in [1.29, 1.82) is 0 Å². The average Bonchev–Trinajstić information content (AvgIpc) is 2.71. The van der Waals surface area contributed by atoms with Crippen LogP contribution in [0.15, 0.2) is 11.2 Å². The predicted octanol–water partition coefficient (Wildman–Crippen LogP) is 0.793. The number of nitrogens with zero attached hydrogens (tertiary/aromatic N) is 2. The summed E-state index contributed by atoms with van der Waals surface area (Å²) in [5.74, 6) is -0.346. The van der Waals surface area contributed by atoms with Crippen molar-refractivity contribution in [2.75, 3.05) is 6.54 Å². The lowest BCUT2D eigenvalue weighted by molar-refractivity contribution is -0.121. The monoisotopic (exact) mass is 357 g/mol. The zero-order chi connectivity index (χ0) is 17.7. The topological polar surface area (TPSA) is 141 Å². The van der Waals surface area contributed by atoms with Gasteiger partial charge >= 0.3 is 7.82 Å². The first-order valence-electron chi connectivity index (χ1n) is 7.46. The van der Waals surface area contributed by atoms with Gasteiger partial charge in [0.15, 0.2) is 0 Å². The molecule has 9 nitrogen and oxygen atoms in total. The lowest BCUT2D eigenvalue weighted by Crippen LogP contribution is -2.31. The van der Waals surface area contributed by atoms with E-state index >= 15 is 0 Å². The molecule has 1 fully saturated rings. The molecule has 1 amide bonds. The minimum atomic E-state index is -4.66. The number of phosphoric acid groups is 1. The Morgan fingerprint density at radius 3 is 2.96 bits per heavy atom. The third kappa shape index (κ3) is 5.10. The molecule has 0 unspecified atom stereocenters. The maximum atomic E-state index is 11.9. The van der Waals surface area contributed by atoms with Crippen LogP contribution in [0.2, 0.25) is 0 Å². The molecule has 1 atom stereocenters. The van der Waals surface area contributed by atoms with E-state index in [1.165, 1.54) is 12.4 Å². The van der Waals surface area contributed by atoms with E-state index in [0.717, 1.165) is 12.8 Å². The van der Waals surface area contributed by atoms with Gasteiger partial charge in [-0.25, -0.2) is 4.57 Å². The maximum Gasteiger partial charge on any atom is 0.469 e. The Morgan fingerprint density at radius 1 is 1.50 bits per heavy atom. The number of amides is 1. The van der Waals surface area contributed by atoms with E-state index in [4.69, 9.17) is 9.79 Å². The van der Waals surface area contributed by atoms with E-state index in [2.05, 4.69) is 19.8 Å². The number of hydrogen-bond acceptors (Lipinski definition) is 6. The zero-order valence-electron chi connectivity index (χ0n) is 13.2. The number of nitrogens with one attached hydrogen (secondary N) is 1. The van der Waals surface area contributed by atoms with Crippen molar-refractivity contribution in [3.8, 4) is 5.75 Å². The van der Waals surface area contributed by atoms with Crippen LogP contribution in [0, 0.1) is 6.92 Å². The number of aliphatic imine (C=N–C) groups is 1. The van der Waals surface area contributed by atoms with Crippen molar-refractivity contribution in [3.63, 3.8) is 0 Å². The number of hydrogen-bond donors (Lipinski definition) is 4. The molecule has 4 N–H and O–H groups in total. The third-order valence-electron chi connectivity index (χ3n) is 3.64. The van der Waals surface area contributed by atoms with Gasteiger partial charge in [0.1, 0.15) is 11.8 Å². The highest BCUT2D eigenvalue weighted by molar-refractivity contribution is 7.46. The van der Waals surface area contributed by atoms with E-state index in [-0.39, 0.29) is 22.8 Å². The van der Waals surface area contributed by atoms with Crippen LogP contribution >= 0.6 is 7.82 Å². The summed E-state index contributed by atoms with van der Waals surface area (Å²) in [6.07, 6.45) is 5.02. The number of carbonyl (C=O) groups excluding carboxylic acids is 1. The number of phosphoric ester groups is 1. The number of rotatable bonds is 5. The fourth-order valence-corrected chi connectivity index (χ4v) is 2.60. The first-order valence-corrected chi connectivity index (χ1v) is 8.99. The lowest BCUT2D eigenvalue weighted by Gasteiger charge is -2.12. The number of aryl methyl sites for hydroxylation is 1. The summed E-state index contributed by atoms with van der Waals surface area (Å²) in [4.78, 5) is 37.7. The van der Waals surface area contributed by atoms with Crippen LogP contribution in [0.4, 0.5) is 0 Å². The van der Waals surface area contributed by atoms with Crippen LogP contribution in [0.25, 0.3) is 0 Å². The molecule has 1 aliphatic rings. The van der Waals surface area contributed by atoms with Crippen LogP contribution in [0.3, 0.4) is 0 Å². The van der Waals surface area contributed by atoms with Gasteiger partial charge in [0.2, 0.25) is 5.91 Å². The van der Waals surface area contributed by atoms with Gasteiger partial charge in [0.05, 0.1) is 12.3 Å². The molecule has 24 heavy (non-hydrogen) atoms. The summed E-state index contributed by atoms with van der Waals surface area (Å²) < 4.78 is 15.3. The first kappa shape index (κ1) is 18.5. The molecule has 1 aromatic heterocycles. The van der Waals surface area contributed by atoms with Crippen molar-refractivity contribution in [2.45, 2.75) is 38.8 Å². The quantitative estimate of drug-likeness (QED) is 0.451. The number of carbonyl (C=O) groups is 1. The summed E-state index contributed by atoms with van der Waals surface area (Å²) in [6, 6.07) is -0.559. The molecule has 0 aliphatic carbocycles. The van der Waals surface area contributed by atoms with Crippen LogP contribution in [0.1, 0.15) is 36.1 Å². The highest BCUT2D eigenvalue weighted by Gasteiger charge is 2.20. The Kier molecular flexibility index (Phi) is 6.06. The lowest BCUT2D eigenvalue weighted by atomic mass is 10.1. The van der Waals surface area contributed by atoms with Gasteiger partial charge in [-0.1, -0.05) is 0 Å². The van der Waals surface area contributed by atoms with Crippen molar-refractivity contribution in [2.24, 2.45) is 4.99 Å². The Hall–Kier alpha value is -1.80. The molecule has 10 heteroatoms. The molecule has 2 rings (SSSR count). The normalized spacial score (nSPS) is 19.3. The van der Waals surface area contributed by atoms with Gasteiger partial charge < -0.3 is 20.2 Å². The van der Waals surface area contributed by atoms with Crippen LogP contribution in [-0.2, 0) is 20.5 Å². The van der Waals surface area contributed by atoms with Crippen molar-refractivity contribution in [3.05, 3.63) is 23.0 Å². The molecule has 1 aromatic rings. The van der Waals surface area contributed by atoms with Gasteiger partial charge in [-0.2, -0.15) is 0 Å². The molecule has 0 radical (unpaired) electrons. The summed E-state index contributed by atoms with van der Waals surface area (Å²) in [7, 11) is -4.66. The second-order valence-electron chi connectivity index (χ2n) is 5.48. The molecule has 0 bridgehead atoms. The van der Waals surface area contributed by atoms with E-state index in [1.54, 1.807) is 6.92 Å². The summed E-state index contributed by atoms with van der Waals surface area (Å²) in [6.45, 7) is 1.76. The minimum absolute atomic E-state index is 0.167. The summed E-state index contributed by atoms with van der Waals surface area (Å²) in [5.41, 5.74) is 0.828. The van der Waals surface area contributed by atoms with E-state index < -0.39 is 20.5 Å². The summed E-state index contributed by atoms with van der Waals surface area (Å²) >= 11 is 0. The van der Waals surface area contributed by atoms with Crippen molar-refractivity contribution < 1.29 is 28.8 Å². The molecule has 132 valence electrons. The average molecular weight is 357 g/mol. The second-order valence-corrected chi connectivity index (χ2v) is 6.72. The van der Waals surface area contributed by atoms with Crippen molar-refractivity contribution >= 4 is 19.9 Å². The fourth-order valence-electron chi connectivity index (χ4n) is 2.30. The van der Waals surface area contributed by atoms with Gasteiger partial charge in [-0.05, 0) is 26.2 Å². The molecular weight excluding hydrogens is 337 g/mol. The Morgan fingerprint density at radius 2 is 2.25 bits per heavy atom. The SMILES string of the molecule is Cc1ncc(COP(=O)(O)O)c(C=N[C@@H]2CCCCNC2=O)c1O. The van der Waals surface area contributed by atoms with Gasteiger partial charge in [-0.3, -0.25) is 19.3 Å². The standard InChI is InChI=1S/C14H20N3O6P/c1-9-13(18)11(10(6-16-9)8-23-24(20,21)22)7-17-12-4-2-3-5-15-14(12)19/h6-7,12,18H,2-5,8H2,1H3,(H,15,19)(H2,20,21,22)/t12-/m1/s1. The predicted molar refractivity (Wildman–Crippen MR) is 85.7 cm³/mol. The molecule has 1 aliphatic heterocycles. The van der Waals surface area contributed by atoms with E-state index in [1.807, 2.05) is 0 Å². The van der Waals surface area contributed by atoms with Crippen molar-refractivity contribution in [1.82, 2.24) is 10.3 Å². The van der Waals surface area contributed by atoms with Crippen LogP contribution in [-0.4, -0.2) is 44.6 Å². The van der Waals surface area contributed by atoms with Crippen LogP contribution < -0.4 is 5.32 Å². The molecule has 0 saturated carbocycles. The van der Waals surface area contributed by atoms with Gasteiger partial charge in [-0.15, -0.1) is 0 Å². The highest BCUT2D eigenvalue weighted by atomic mass is 31.2. The number of pyridine rings is 1. The molecular formula is C14H20N3O6P. The molecule has 0 spiro atoms. The molecule has 1 saturated heterocycles. The summed E-state index contributed by atoms with van der Waals surface area (Å²) in [5, 5.41) is 12.9. The van der Waals surface area contributed by atoms with Gasteiger partial charge in [0, 0.05) is 30.1 Å². The Bertz CT molecular complexity index is 687. The highest BCUT2D eigenvalue weighted by Crippen LogP contribution is 2.37. The third-order valence-corrected chi connectivity index (χ3v) is 4.10.